The lowest BCUT2D eigenvalue weighted by molar-refractivity contribution is -0.127. The van der Waals surface area contributed by atoms with Crippen LogP contribution in [0.25, 0.3) is 6.08 Å². The predicted octanol–water partition coefficient (Wildman–Crippen LogP) is 8.39. The zero-order chi connectivity index (χ0) is 27.6. The molecule has 4 rings (SSSR count). The van der Waals surface area contributed by atoms with Crippen molar-refractivity contribution in [1.29, 1.82) is 0 Å². The van der Waals surface area contributed by atoms with Crippen molar-refractivity contribution >= 4 is 95.6 Å². The third-order valence-corrected chi connectivity index (χ3v) is 8.34. The first-order chi connectivity index (χ1) is 18.0. The Kier molecular flexibility index (Phi) is 9.26. The van der Waals surface area contributed by atoms with Crippen molar-refractivity contribution in [3.63, 3.8) is 0 Å². The number of benzene rings is 3. The molecule has 0 aromatic heterocycles. The monoisotopic (exact) mass is 696 g/mol. The molecule has 0 radical (unpaired) electrons. The summed E-state index contributed by atoms with van der Waals surface area (Å²) in [6.45, 7) is 3.76. The van der Waals surface area contributed by atoms with Gasteiger partial charge in [-0.3, -0.25) is 19.3 Å². The van der Waals surface area contributed by atoms with Crippen molar-refractivity contribution in [1.82, 2.24) is 4.90 Å². The highest BCUT2D eigenvalue weighted by atomic mass is 79.9. The van der Waals surface area contributed by atoms with Crippen LogP contribution in [0, 0.1) is 13.8 Å². The summed E-state index contributed by atoms with van der Waals surface area (Å²) < 4.78 is 7.21. The van der Waals surface area contributed by atoms with Crippen LogP contribution >= 0.6 is 66.8 Å². The predicted molar refractivity (Wildman–Crippen MR) is 160 cm³/mol. The van der Waals surface area contributed by atoms with Gasteiger partial charge >= 0.3 is 0 Å². The van der Waals surface area contributed by atoms with E-state index >= 15 is 0 Å². The molecular formula is C27H20Br2Cl2N2O4S. The maximum absolute atomic E-state index is 12.9. The summed E-state index contributed by atoms with van der Waals surface area (Å²) >= 11 is 20.0. The molecule has 0 bridgehead atoms. The number of halogens is 4. The maximum atomic E-state index is 12.9. The van der Waals surface area contributed by atoms with E-state index in [0.717, 1.165) is 33.4 Å². The second-order valence-corrected chi connectivity index (χ2v) is 12.0. The number of hydrogen-bond acceptors (Lipinski definition) is 5. The minimum atomic E-state index is -0.528. The number of hydrogen-bond donors (Lipinski definition) is 1. The van der Waals surface area contributed by atoms with Gasteiger partial charge in [0.25, 0.3) is 11.1 Å². The Bertz CT molecular complexity index is 1470. The SMILES string of the molecule is Cc1ccc(NC(=O)CN2C(=O)S/C(=C/c3cc(Br)c(OCc4ccc(Cl)cc4Cl)c(Br)c3)C2=O)cc1C. The van der Waals surface area contributed by atoms with Crippen LogP contribution < -0.4 is 10.1 Å². The molecule has 3 aromatic rings. The summed E-state index contributed by atoms with van der Waals surface area (Å²) in [6.07, 6.45) is 1.60. The normalized spacial score (nSPS) is 14.4. The van der Waals surface area contributed by atoms with E-state index in [1.165, 1.54) is 0 Å². The van der Waals surface area contributed by atoms with E-state index in [9.17, 15) is 14.4 Å². The molecule has 196 valence electrons. The van der Waals surface area contributed by atoms with Crippen molar-refractivity contribution in [2.75, 3.05) is 11.9 Å². The fourth-order valence-electron chi connectivity index (χ4n) is 3.54. The molecule has 0 spiro atoms. The molecule has 1 aliphatic rings. The minimum Gasteiger partial charge on any atom is -0.486 e. The fourth-order valence-corrected chi connectivity index (χ4v) is 6.29. The highest BCUT2D eigenvalue weighted by Crippen LogP contribution is 2.38. The van der Waals surface area contributed by atoms with Crippen molar-refractivity contribution in [2.24, 2.45) is 0 Å². The Morgan fingerprint density at radius 3 is 2.39 bits per heavy atom. The van der Waals surface area contributed by atoms with E-state index in [0.29, 0.717) is 36.0 Å². The molecule has 1 aliphatic heterocycles. The zero-order valence-electron chi connectivity index (χ0n) is 20.1. The first kappa shape index (κ1) is 28.7. The Hall–Kier alpha value is -2.30. The standard InChI is InChI=1S/C27H20Br2Cl2N2O4S/c1-14-3-6-19(7-15(14)2)32-24(34)12-33-26(35)23(38-27(33)36)10-16-8-20(28)25(21(29)9-16)37-13-17-4-5-18(30)11-22(17)31/h3-11H,12-13H2,1-2H3,(H,32,34)/b23-10+. The van der Waals surface area contributed by atoms with E-state index in [2.05, 4.69) is 37.2 Å². The first-order valence-corrected chi connectivity index (χ1v) is 14.4. The van der Waals surface area contributed by atoms with E-state index in [1.807, 2.05) is 26.0 Å². The largest absolute Gasteiger partial charge is 0.486 e. The number of carbonyl (C=O) groups excluding carboxylic acids is 3. The third-order valence-electron chi connectivity index (χ3n) is 5.67. The van der Waals surface area contributed by atoms with E-state index in [4.69, 9.17) is 27.9 Å². The van der Waals surface area contributed by atoms with Crippen LogP contribution in [0.2, 0.25) is 10.0 Å². The Balaban J connectivity index is 1.44. The number of ether oxygens (including phenoxy) is 1. The van der Waals surface area contributed by atoms with Crippen LogP contribution in [0.4, 0.5) is 10.5 Å². The maximum Gasteiger partial charge on any atom is 0.294 e. The summed E-state index contributed by atoms with van der Waals surface area (Å²) in [6, 6.07) is 14.2. The molecule has 38 heavy (non-hydrogen) atoms. The molecular weight excluding hydrogens is 679 g/mol. The van der Waals surface area contributed by atoms with E-state index in [-0.39, 0.29) is 18.1 Å². The Labute approximate surface area is 251 Å². The summed E-state index contributed by atoms with van der Waals surface area (Å²) in [7, 11) is 0. The van der Waals surface area contributed by atoms with Crippen molar-refractivity contribution in [3.8, 4) is 5.75 Å². The van der Waals surface area contributed by atoms with Crippen LogP contribution in [0.15, 0.2) is 62.4 Å². The van der Waals surface area contributed by atoms with Gasteiger partial charge in [0.15, 0.2) is 0 Å². The second-order valence-electron chi connectivity index (χ2n) is 8.45. The molecule has 1 N–H and O–H groups in total. The van der Waals surface area contributed by atoms with Crippen molar-refractivity contribution in [2.45, 2.75) is 20.5 Å². The minimum absolute atomic E-state index is 0.217. The molecule has 6 nitrogen and oxygen atoms in total. The molecule has 0 atom stereocenters. The van der Waals surface area contributed by atoms with Crippen LogP contribution in [0.5, 0.6) is 5.75 Å². The molecule has 1 fully saturated rings. The van der Waals surface area contributed by atoms with Crippen LogP contribution in [-0.2, 0) is 16.2 Å². The average molecular weight is 699 g/mol. The van der Waals surface area contributed by atoms with Crippen molar-refractivity contribution in [3.05, 3.63) is 94.7 Å². The summed E-state index contributed by atoms with van der Waals surface area (Å²) in [4.78, 5) is 39.1. The fraction of sp³-hybridized carbons (Fsp3) is 0.148. The smallest absolute Gasteiger partial charge is 0.294 e. The third kappa shape index (κ3) is 6.82. The van der Waals surface area contributed by atoms with Crippen LogP contribution in [-0.4, -0.2) is 28.5 Å². The van der Waals surface area contributed by atoms with Crippen LogP contribution in [0.3, 0.4) is 0 Å². The Morgan fingerprint density at radius 2 is 1.74 bits per heavy atom. The van der Waals surface area contributed by atoms with Gasteiger partial charge < -0.3 is 10.1 Å². The summed E-state index contributed by atoms with van der Waals surface area (Å²) in [5.41, 5.74) is 4.16. The molecule has 0 aliphatic carbocycles. The van der Waals surface area contributed by atoms with Gasteiger partial charge in [-0.05, 0) is 117 Å². The number of carbonyl (C=O) groups is 3. The molecule has 11 heteroatoms. The number of amides is 3. The topological polar surface area (TPSA) is 75.7 Å². The molecule has 3 aromatic carbocycles. The quantitative estimate of drug-likeness (QED) is 0.251. The second kappa shape index (κ2) is 12.3. The number of anilines is 1. The molecule has 0 saturated carbocycles. The average Bonchev–Trinajstić information content (AvgIpc) is 3.09. The molecule has 1 saturated heterocycles. The van der Waals surface area contributed by atoms with Crippen molar-refractivity contribution < 1.29 is 19.1 Å². The van der Waals surface area contributed by atoms with Crippen LogP contribution in [0.1, 0.15) is 22.3 Å². The van der Waals surface area contributed by atoms with E-state index in [1.54, 1.807) is 42.5 Å². The van der Waals surface area contributed by atoms with Gasteiger partial charge in [0.1, 0.15) is 18.9 Å². The van der Waals surface area contributed by atoms with Gasteiger partial charge in [0.05, 0.1) is 13.9 Å². The highest BCUT2D eigenvalue weighted by molar-refractivity contribution is 9.11. The number of imide groups is 1. The highest BCUT2D eigenvalue weighted by Gasteiger charge is 2.36. The first-order valence-electron chi connectivity index (χ1n) is 11.2. The number of nitrogens with one attached hydrogen (secondary N) is 1. The van der Waals surface area contributed by atoms with Gasteiger partial charge in [-0.15, -0.1) is 0 Å². The summed E-state index contributed by atoms with van der Waals surface area (Å²) in [5, 5.41) is 3.27. The lowest BCUT2D eigenvalue weighted by Gasteiger charge is -2.13. The number of rotatable bonds is 7. The lowest BCUT2D eigenvalue weighted by atomic mass is 10.1. The van der Waals surface area contributed by atoms with Gasteiger partial charge in [-0.1, -0.05) is 35.3 Å². The lowest BCUT2D eigenvalue weighted by Crippen LogP contribution is -2.36. The number of nitrogens with zero attached hydrogens (tertiary/aromatic N) is 1. The number of aryl methyl sites for hydroxylation is 2. The van der Waals surface area contributed by atoms with E-state index < -0.39 is 17.1 Å². The number of thioether (sulfide) groups is 1. The molecule has 3 amide bonds. The molecule has 1 heterocycles. The van der Waals surface area contributed by atoms with Gasteiger partial charge in [0, 0.05) is 21.3 Å². The summed E-state index contributed by atoms with van der Waals surface area (Å²) in [5.74, 6) is -0.436. The van der Waals surface area contributed by atoms with Gasteiger partial charge in [0.2, 0.25) is 5.91 Å². The zero-order valence-corrected chi connectivity index (χ0v) is 25.6. The Morgan fingerprint density at radius 1 is 1.03 bits per heavy atom. The molecule has 0 unspecified atom stereocenters. The van der Waals surface area contributed by atoms with Gasteiger partial charge in [-0.2, -0.15) is 0 Å². The van der Waals surface area contributed by atoms with Gasteiger partial charge in [-0.25, -0.2) is 0 Å².